The SMILES string of the molecule is CN(C)C(=O)c1cccc(OCc2cscn2)c1. The number of thiazole rings is 1. The summed E-state index contributed by atoms with van der Waals surface area (Å²) in [6.45, 7) is 0.420. The Bertz CT molecular complexity index is 524. The summed E-state index contributed by atoms with van der Waals surface area (Å²) < 4.78 is 5.59. The molecule has 0 aliphatic heterocycles. The summed E-state index contributed by atoms with van der Waals surface area (Å²) in [4.78, 5) is 17.5. The van der Waals surface area contributed by atoms with Crippen LogP contribution < -0.4 is 4.74 Å². The van der Waals surface area contributed by atoms with Crippen LogP contribution in [0, 0.1) is 0 Å². The van der Waals surface area contributed by atoms with Crippen LogP contribution in [0.15, 0.2) is 35.2 Å². The molecular formula is C13H14N2O2S. The third kappa shape index (κ3) is 3.07. The Balaban J connectivity index is 2.05. The Kier molecular flexibility index (Phi) is 3.94. The predicted octanol–water partition coefficient (Wildman–Crippen LogP) is 2.42. The van der Waals surface area contributed by atoms with Gasteiger partial charge in [0.2, 0.25) is 0 Å². The van der Waals surface area contributed by atoms with Gasteiger partial charge in [-0.3, -0.25) is 4.79 Å². The van der Waals surface area contributed by atoms with Gasteiger partial charge in [0.05, 0.1) is 11.2 Å². The van der Waals surface area contributed by atoms with Gasteiger partial charge in [-0.1, -0.05) is 6.07 Å². The van der Waals surface area contributed by atoms with E-state index in [0.29, 0.717) is 17.9 Å². The number of nitrogens with zero attached hydrogens (tertiary/aromatic N) is 2. The lowest BCUT2D eigenvalue weighted by Gasteiger charge is -2.11. The summed E-state index contributed by atoms with van der Waals surface area (Å²) in [6, 6.07) is 7.17. The van der Waals surface area contributed by atoms with Crippen molar-refractivity contribution in [3.05, 3.63) is 46.4 Å². The van der Waals surface area contributed by atoms with Crippen molar-refractivity contribution < 1.29 is 9.53 Å². The van der Waals surface area contributed by atoms with Crippen molar-refractivity contribution in [2.75, 3.05) is 14.1 Å². The highest BCUT2D eigenvalue weighted by atomic mass is 32.1. The zero-order valence-corrected chi connectivity index (χ0v) is 11.1. The minimum Gasteiger partial charge on any atom is -0.487 e. The van der Waals surface area contributed by atoms with E-state index in [-0.39, 0.29) is 5.91 Å². The third-order valence-corrected chi connectivity index (χ3v) is 2.99. The Labute approximate surface area is 110 Å². The number of benzene rings is 1. The number of hydrogen-bond acceptors (Lipinski definition) is 4. The van der Waals surface area contributed by atoms with E-state index < -0.39 is 0 Å². The Morgan fingerprint density at radius 3 is 2.94 bits per heavy atom. The molecule has 94 valence electrons. The molecule has 0 bridgehead atoms. The first-order chi connectivity index (χ1) is 8.66. The number of carbonyl (C=O) groups is 1. The lowest BCUT2D eigenvalue weighted by Crippen LogP contribution is -2.21. The van der Waals surface area contributed by atoms with Gasteiger partial charge in [-0.15, -0.1) is 11.3 Å². The molecule has 4 nitrogen and oxygen atoms in total. The predicted molar refractivity (Wildman–Crippen MR) is 70.9 cm³/mol. The summed E-state index contributed by atoms with van der Waals surface area (Å²) in [5.41, 5.74) is 3.28. The number of hydrogen-bond donors (Lipinski definition) is 0. The zero-order valence-electron chi connectivity index (χ0n) is 10.3. The van der Waals surface area contributed by atoms with Crippen LogP contribution in [0.1, 0.15) is 16.1 Å². The maximum atomic E-state index is 11.8. The minimum atomic E-state index is -0.0332. The largest absolute Gasteiger partial charge is 0.487 e. The molecule has 0 aliphatic rings. The van der Waals surface area contributed by atoms with Crippen molar-refractivity contribution in [2.24, 2.45) is 0 Å². The van der Waals surface area contributed by atoms with Crippen LogP contribution in [0.4, 0.5) is 0 Å². The summed E-state index contributed by atoms with van der Waals surface area (Å²) in [6.07, 6.45) is 0. The van der Waals surface area contributed by atoms with E-state index in [9.17, 15) is 4.79 Å². The average Bonchev–Trinajstić information content (AvgIpc) is 2.89. The van der Waals surface area contributed by atoms with E-state index in [1.54, 1.807) is 36.6 Å². The fourth-order valence-electron chi connectivity index (χ4n) is 1.44. The molecule has 0 atom stereocenters. The van der Waals surface area contributed by atoms with Crippen LogP contribution in [-0.2, 0) is 6.61 Å². The van der Waals surface area contributed by atoms with Gasteiger partial charge in [0.15, 0.2) is 0 Å². The van der Waals surface area contributed by atoms with Crippen LogP contribution in [0.2, 0.25) is 0 Å². The van der Waals surface area contributed by atoms with Crippen LogP contribution in [0.3, 0.4) is 0 Å². The Morgan fingerprint density at radius 1 is 1.44 bits per heavy atom. The molecule has 2 aromatic rings. The quantitative estimate of drug-likeness (QED) is 0.850. The molecule has 0 spiro atoms. The van der Waals surface area contributed by atoms with Gasteiger partial charge in [-0.05, 0) is 18.2 Å². The van der Waals surface area contributed by atoms with E-state index in [0.717, 1.165) is 5.69 Å². The number of aromatic nitrogens is 1. The molecule has 2 rings (SSSR count). The summed E-state index contributed by atoms with van der Waals surface area (Å²) in [7, 11) is 3.45. The van der Waals surface area contributed by atoms with E-state index >= 15 is 0 Å². The van der Waals surface area contributed by atoms with Gasteiger partial charge < -0.3 is 9.64 Å². The minimum absolute atomic E-state index is 0.0332. The molecule has 0 saturated heterocycles. The van der Waals surface area contributed by atoms with Crippen LogP contribution in [0.5, 0.6) is 5.75 Å². The van der Waals surface area contributed by atoms with Crippen molar-refractivity contribution >= 4 is 17.2 Å². The molecular weight excluding hydrogens is 248 g/mol. The highest BCUT2D eigenvalue weighted by Gasteiger charge is 2.08. The summed E-state index contributed by atoms with van der Waals surface area (Å²) in [5.74, 6) is 0.643. The molecule has 1 aromatic heterocycles. The van der Waals surface area contributed by atoms with Gasteiger partial charge in [-0.25, -0.2) is 4.98 Å². The summed E-state index contributed by atoms with van der Waals surface area (Å²) >= 11 is 1.53. The molecule has 1 heterocycles. The van der Waals surface area contributed by atoms with Crippen molar-refractivity contribution in [3.63, 3.8) is 0 Å². The number of carbonyl (C=O) groups excluding carboxylic acids is 1. The molecule has 5 heteroatoms. The second kappa shape index (κ2) is 5.64. The molecule has 1 amide bonds. The standard InChI is InChI=1S/C13H14N2O2S/c1-15(2)13(16)10-4-3-5-12(6-10)17-7-11-8-18-9-14-11/h3-6,8-9H,7H2,1-2H3. The fourth-order valence-corrected chi connectivity index (χ4v) is 1.99. The highest BCUT2D eigenvalue weighted by molar-refractivity contribution is 7.07. The van der Waals surface area contributed by atoms with Gasteiger partial charge in [-0.2, -0.15) is 0 Å². The van der Waals surface area contributed by atoms with Gasteiger partial charge >= 0.3 is 0 Å². The smallest absolute Gasteiger partial charge is 0.253 e. The third-order valence-electron chi connectivity index (χ3n) is 2.36. The highest BCUT2D eigenvalue weighted by Crippen LogP contribution is 2.16. The number of rotatable bonds is 4. The monoisotopic (exact) mass is 262 g/mol. The number of ether oxygens (including phenoxy) is 1. The average molecular weight is 262 g/mol. The molecule has 0 radical (unpaired) electrons. The topological polar surface area (TPSA) is 42.4 Å². The van der Waals surface area contributed by atoms with Gasteiger partial charge in [0.1, 0.15) is 12.4 Å². The zero-order chi connectivity index (χ0) is 13.0. The maximum absolute atomic E-state index is 11.8. The second-order valence-electron chi connectivity index (χ2n) is 4.00. The van der Waals surface area contributed by atoms with E-state index in [1.807, 2.05) is 17.5 Å². The van der Waals surface area contributed by atoms with Crippen LogP contribution in [0.25, 0.3) is 0 Å². The lowest BCUT2D eigenvalue weighted by atomic mass is 10.2. The van der Waals surface area contributed by atoms with Crippen molar-refractivity contribution in [2.45, 2.75) is 6.61 Å². The Hall–Kier alpha value is -1.88. The van der Waals surface area contributed by atoms with E-state index in [1.165, 1.54) is 11.3 Å². The first kappa shape index (κ1) is 12.6. The van der Waals surface area contributed by atoms with Crippen molar-refractivity contribution in [1.82, 2.24) is 9.88 Å². The van der Waals surface area contributed by atoms with Crippen molar-refractivity contribution in [1.29, 1.82) is 0 Å². The molecule has 0 N–H and O–H groups in total. The van der Waals surface area contributed by atoms with E-state index in [2.05, 4.69) is 4.98 Å². The fraction of sp³-hybridized carbons (Fsp3) is 0.231. The van der Waals surface area contributed by atoms with Gasteiger partial charge in [0, 0.05) is 25.0 Å². The first-order valence-corrected chi connectivity index (χ1v) is 6.42. The molecule has 0 unspecified atom stereocenters. The Morgan fingerprint density at radius 2 is 2.28 bits per heavy atom. The van der Waals surface area contributed by atoms with Crippen molar-refractivity contribution in [3.8, 4) is 5.75 Å². The molecule has 0 saturated carbocycles. The van der Waals surface area contributed by atoms with Gasteiger partial charge in [0.25, 0.3) is 5.91 Å². The lowest BCUT2D eigenvalue weighted by molar-refractivity contribution is 0.0827. The molecule has 0 aliphatic carbocycles. The first-order valence-electron chi connectivity index (χ1n) is 5.48. The normalized spacial score (nSPS) is 10.1. The number of amides is 1. The van der Waals surface area contributed by atoms with Crippen LogP contribution in [-0.4, -0.2) is 29.9 Å². The molecule has 0 fully saturated rings. The summed E-state index contributed by atoms with van der Waals surface area (Å²) in [5, 5.41) is 1.94. The van der Waals surface area contributed by atoms with E-state index in [4.69, 9.17) is 4.74 Å². The van der Waals surface area contributed by atoms with Crippen LogP contribution >= 0.6 is 11.3 Å². The molecule has 1 aromatic carbocycles. The maximum Gasteiger partial charge on any atom is 0.253 e. The molecule has 18 heavy (non-hydrogen) atoms. The second-order valence-corrected chi connectivity index (χ2v) is 4.71.